The molecule has 0 aromatic rings. The van der Waals surface area contributed by atoms with Gasteiger partial charge in [0.1, 0.15) is 0 Å². The molecule has 0 rings (SSSR count). The van der Waals surface area contributed by atoms with Gasteiger partial charge < -0.3 is 10.2 Å². The van der Waals surface area contributed by atoms with Gasteiger partial charge in [0.05, 0.1) is 12.2 Å². The molecule has 0 fully saturated rings. The molecule has 2 N–H and O–H groups in total. The minimum Gasteiger partial charge on any atom is -0.393 e. The summed E-state index contributed by atoms with van der Waals surface area (Å²) in [4.78, 5) is 0. The molecular formula is C9H18O2. The third-order valence-corrected chi connectivity index (χ3v) is 1.76. The topological polar surface area (TPSA) is 40.5 Å². The summed E-state index contributed by atoms with van der Waals surface area (Å²) in [6.07, 6.45) is -0.211. The first kappa shape index (κ1) is 10.7. The molecule has 0 spiro atoms. The lowest BCUT2D eigenvalue weighted by Gasteiger charge is -2.19. The van der Waals surface area contributed by atoms with E-state index in [1.165, 1.54) is 0 Å². The van der Waals surface area contributed by atoms with E-state index in [-0.39, 0.29) is 12.0 Å². The van der Waals surface area contributed by atoms with Gasteiger partial charge in [-0.1, -0.05) is 19.1 Å². The van der Waals surface area contributed by atoms with Gasteiger partial charge in [-0.15, -0.1) is 0 Å². The smallest absolute Gasteiger partial charge is 0.0771 e. The van der Waals surface area contributed by atoms with Crippen LogP contribution in [0.3, 0.4) is 0 Å². The molecule has 0 saturated heterocycles. The summed E-state index contributed by atoms with van der Waals surface area (Å²) >= 11 is 0. The van der Waals surface area contributed by atoms with Gasteiger partial charge in [-0.2, -0.15) is 0 Å². The lowest BCUT2D eigenvalue weighted by Crippen LogP contribution is -2.22. The fourth-order valence-electron chi connectivity index (χ4n) is 1.15. The van der Waals surface area contributed by atoms with Crippen LogP contribution < -0.4 is 0 Å². The van der Waals surface area contributed by atoms with Crippen LogP contribution in [0.15, 0.2) is 12.2 Å². The van der Waals surface area contributed by atoms with Crippen molar-refractivity contribution in [3.8, 4) is 0 Å². The van der Waals surface area contributed by atoms with Crippen molar-refractivity contribution in [2.75, 3.05) is 0 Å². The molecule has 0 aliphatic carbocycles. The zero-order valence-corrected chi connectivity index (χ0v) is 7.54. The fourth-order valence-corrected chi connectivity index (χ4v) is 1.15. The molecule has 0 aromatic carbocycles. The Morgan fingerprint density at radius 2 is 1.82 bits per heavy atom. The lowest BCUT2D eigenvalue weighted by molar-refractivity contribution is 0.0975. The van der Waals surface area contributed by atoms with Crippen LogP contribution in [0, 0.1) is 5.92 Å². The van der Waals surface area contributed by atoms with Crippen molar-refractivity contribution in [3.05, 3.63) is 12.2 Å². The first-order valence-electron chi connectivity index (χ1n) is 3.96. The van der Waals surface area contributed by atoms with Gasteiger partial charge in [0.25, 0.3) is 0 Å². The minimum atomic E-state index is -0.482. The monoisotopic (exact) mass is 158 g/mol. The van der Waals surface area contributed by atoms with Gasteiger partial charge in [0.2, 0.25) is 0 Å². The maximum Gasteiger partial charge on any atom is 0.0771 e. The molecule has 0 aliphatic rings. The average Bonchev–Trinajstić information content (AvgIpc) is 1.84. The van der Waals surface area contributed by atoms with Crippen LogP contribution in [-0.2, 0) is 0 Å². The molecule has 0 aromatic heterocycles. The van der Waals surface area contributed by atoms with E-state index in [2.05, 4.69) is 6.58 Å². The van der Waals surface area contributed by atoms with Crippen molar-refractivity contribution in [2.45, 2.75) is 39.4 Å². The van der Waals surface area contributed by atoms with E-state index < -0.39 is 6.10 Å². The number of aliphatic hydroxyl groups is 2. The molecular weight excluding hydrogens is 140 g/mol. The van der Waals surface area contributed by atoms with Crippen molar-refractivity contribution in [1.82, 2.24) is 0 Å². The number of hydrogen-bond donors (Lipinski definition) is 2. The van der Waals surface area contributed by atoms with E-state index in [4.69, 9.17) is 5.11 Å². The van der Waals surface area contributed by atoms with Gasteiger partial charge in [-0.25, -0.2) is 0 Å². The highest BCUT2D eigenvalue weighted by molar-refractivity contribution is 4.98. The predicted octanol–water partition coefficient (Wildman–Crippen LogP) is 1.33. The van der Waals surface area contributed by atoms with E-state index in [0.717, 1.165) is 5.57 Å². The Labute approximate surface area is 68.6 Å². The summed E-state index contributed by atoms with van der Waals surface area (Å²) in [6, 6.07) is 0. The molecule has 0 radical (unpaired) electrons. The average molecular weight is 158 g/mol. The van der Waals surface area contributed by atoms with Crippen LogP contribution in [0.5, 0.6) is 0 Å². The summed E-state index contributed by atoms with van der Waals surface area (Å²) < 4.78 is 0. The molecule has 0 bridgehead atoms. The van der Waals surface area contributed by atoms with Gasteiger partial charge in [-0.3, -0.25) is 0 Å². The second kappa shape index (κ2) is 4.52. The summed E-state index contributed by atoms with van der Waals surface area (Å²) in [5.74, 6) is 0.0903. The Bertz CT molecular complexity index is 130. The third kappa shape index (κ3) is 4.17. The Morgan fingerprint density at radius 1 is 1.36 bits per heavy atom. The van der Waals surface area contributed by atoms with Crippen molar-refractivity contribution >= 4 is 0 Å². The van der Waals surface area contributed by atoms with Crippen LogP contribution in [0.1, 0.15) is 27.2 Å². The first-order chi connectivity index (χ1) is 4.95. The summed E-state index contributed by atoms with van der Waals surface area (Å²) in [7, 11) is 0. The lowest BCUT2D eigenvalue weighted by atomic mass is 9.94. The number of hydrogen-bond acceptors (Lipinski definition) is 2. The first-order valence-corrected chi connectivity index (χ1v) is 3.96. The highest BCUT2D eigenvalue weighted by atomic mass is 16.3. The van der Waals surface area contributed by atoms with E-state index in [0.29, 0.717) is 6.42 Å². The molecule has 3 atom stereocenters. The maximum absolute atomic E-state index is 9.43. The third-order valence-electron chi connectivity index (χ3n) is 1.76. The quantitative estimate of drug-likeness (QED) is 0.606. The maximum atomic E-state index is 9.43. The van der Waals surface area contributed by atoms with Crippen molar-refractivity contribution in [3.63, 3.8) is 0 Å². The van der Waals surface area contributed by atoms with Gasteiger partial charge in [0, 0.05) is 0 Å². The van der Waals surface area contributed by atoms with Crippen LogP contribution in [-0.4, -0.2) is 22.4 Å². The molecule has 0 saturated carbocycles. The standard InChI is InChI=1S/C9H18O2/c1-6(2)9(11)7(3)5-8(4)10/h7-11H,1,5H2,2-4H3. The molecule has 0 aliphatic heterocycles. The highest BCUT2D eigenvalue weighted by Gasteiger charge is 2.16. The largest absolute Gasteiger partial charge is 0.393 e. The zero-order valence-electron chi connectivity index (χ0n) is 7.54. The van der Waals surface area contributed by atoms with Gasteiger partial charge in [-0.05, 0) is 26.2 Å². The second-order valence-electron chi connectivity index (χ2n) is 3.35. The Hall–Kier alpha value is -0.340. The van der Waals surface area contributed by atoms with Crippen molar-refractivity contribution in [1.29, 1.82) is 0 Å². The molecule has 2 nitrogen and oxygen atoms in total. The minimum absolute atomic E-state index is 0.0903. The number of rotatable bonds is 4. The van der Waals surface area contributed by atoms with E-state index in [9.17, 15) is 5.11 Å². The van der Waals surface area contributed by atoms with Crippen LogP contribution in [0.4, 0.5) is 0 Å². The van der Waals surface area contributed by atoms with Crippen LogP contribution >= 0.6 is 0 Å². The molecule has 0 amide bonds. The molecule has 3 unspecified atom stereocenters. The molecule has 0 heterocycles. The summed E-state index contributed by atoms with van der Waals surface area (Å²) in [6.45, 7) is 9.08. The Morgan fingerprint density at radius 3 is 2.09 bits per heavy atom. The SMILES string of the molecule is C=C(C)C(O)C(C)CC(C)O. The van der Waals surface area contributed by atoms with E-state index in [1.807, 2.05) is 6.92 Å². The molecule has 2 heteroatoms. The Balaban J connectivity index is 3.82. The van der Waals surface area contributed by atoms with Crippen molar-refractivity contribution < 1.29 is 10.2 Å². The normalized spacial score (nSPS) is 19.0. The van der Waals surface area contributed by atoms with Crippen LogP contribution in [0.25, 0.3) is 0 Å². The summed E-state index contributed by atoms with van der Waals surface area (Å²) in [5, 5.41) is 18.4. The highest BCUT2D eigenvalue weighted by Crippen LogP contribution is 2.15. The second-order valence-corrected chi connectivity index (χ2v) is 3.35. The van der Waals surface area contributed by atoms with Gasteiger partial charge in [0.15, 0.2) is 0 Å². The summed E-state index contributed by atoms with van der Waals surface area (Å²) in [5.41, 5.74) is 0.762. The van der Waals surface area contributed by atoms with Crippen molar-refractivity contribution in [2.24, 2.45) is 5.92 Å². The fraction of sp³-hybridized carbons (Fsp3) is 0.778. The number of aliphatic hydroxyl groups excluding tert-OH is 2. The predicted molar refractivity (Wildman–Crippen MR) is 46.3 cm³/mol. The van der Waals surface area contributed by atoms with Crippen LogP contribution in [0.2, 0.25) is 0 Å². The zero-order chi connectivity index (χ0) is 9.02. The van der Waals surface area contributed by atoms with Gasteiger partial charge >= 0.3 is 0 Å². The van der Waals surface area contributed by atoms with E-state index >= 15 is 0 Å². The van der Waals surface area contributed by atoms with E-state index in [1.54, 1.807) is 13.8 Å². The molecule has 66 valence electrons. The molecule has 11 heavy (non-hydrogen) atoms. The Kier molecular flexibility index (Phi) is 4.38.